The van der Waals surface area contributed by atoms with Crippen LogP contribution in [0.15, 0.2) is 24.3 Å². The Labute approximate surface area is 84.9 Å². The van der Waals surface area contributed by atoms with Crippen LogP contribution in [-0.4, -0.2) is 18.4 Å². The Morgan fingerprint density at radius 2 is 2.29 bits per heavy atom. The number of nitrogens with zero attached hydrogens (tertiary/aromatic N) is 1. The zero-order valence-corrected chi connectivity index (χ0v) is 7.94. The monoisotopic (exact) mass is 188 g/mol. The van der Waals surface area contributed by atoms with Crippen LogP contribution >= 0.6 is 0 Å². The highest BCUT2D eigenvalue weighted by atomic mass is 16.1. The fraction of sp³-hybridized carbons (Fsp3) is 0.417. The van der Waals surface area contributed by atoms with E-state index < -0.39 is 6.40 Å². The predicted molar refractivity (Wildman–Crippen MR) is 55.8 cm³/mol. The Balaban J connectivity index is 2.16. The summed E-state index contributed by atoms with van der Waals surface area (Å²) >= 11 is 0. The smallest absolute Gasteiger partial charge is 0.167 e. The molecule has 0 bridgehead atoms. The second-order valence-electron chi connectivity index (χ2n) is 3.95. The first kappa shape index (κ1) is 7.04. The minimum atomic E-state index is -0.581. The predicted octanol–water partition coefficient (Wildman–Crippen LogP) is 2.24. The molecular weight excluding hydrogens is 174 g/mol. The van der Waals surface area contributed by atoms with Gasteiger partial charge in [-0.3, -0.25) is 4.79 Å². The Morgan fingerprint density at radius 1 is 1.43 bits per heavy atom. The molecule has 2 atom stereocenters. The van der Waals surface area contributed by atoms with E-state index in [2.05, 4.69) is 4.90 Å². The Bertz CT molecular complexity index is 418. The van der Waals surface area contributed by atoms with E-state index in [4.69, 9.17) is 1.37 Å². The van der Waals surface area contributed by atoms with Crippen LogP contribution in [-0.2, 0) is 0 Å². The zero-order chi connectivity index (χ0) is 10.4. The Kier molecular flexibility index (Phi) is 1.43. The van der Waals surface area contributed by atoms with Crippen LogP contribution in [0.3, 0.4) is 0 Å². The SMILES string of the molecule is [2H]C1C(=O)c2ccccc2N2CCCC12. The summed E-state index contributed by atoms with van der Waals surface area (Å²) in [5.74, 6) is -0.00579. The average Bonchev–Trinajstić information content (AvgIpc) is 2.75. The van der Waals surface area contributed by atoms with Crippen molar-refractivity contribution >= 4 is 11.5 Å². The molecule has 2 heteroatoms. The lowest BCUT2D eigenvalue weighted by Gasteiger charge is -2.32. The molecule has 0 aliphatic carbocycles. The van der Waals surface area contributed by atoms with Crippen molar-refractivity contribution < 1.29 is 6.17 Å². The van der Waals surface area contributed by atoms with Crippen molar-refractivity contribution in [2.45, 2.75) is 25.3 Å². The van der Waals surface area contributed by atoms with Crippen LogP contribution in [0.5, 0.6) is 0 Å². The standard InChI is InChI=1S/C12H13NO/c14-12-8-9-4-3-7-13(9)11-6-2-1-5-10(11)12/h1-2,5-6,9H,3-4,7-8H2/i8D. The molecule has 1 aromatic rings. The number of carbonyl (C=O) groups is 1. The first-order valence-electron chi connectivity index (χ1n) is 5.69. The molecule has 2 aliphatic heterocycles. The van der Waals surface area contributed by atoms with Gasteiger partial charge in [0, 0.05) is 31.6 Å². The minimum absolute atomic E-state index is 0.00579. The van der Waals surface area contributed by atoms with E-state index in [1.165, 1.54) is 0 Å². The van der Waals surface area contributed by atoms with Crippen molar-refractivity contribution in [2.75, 3.05) is 11.4 Å². The number of fused-ring (bicyclic) bond motifs is 3. The van der Waals surface area contributed by atoms with E-state index in [9.17, 15) is 4.79 Å². The van der Waals surface area contributed by atoms with Gasteiger partial charge in [0.1, 0.15) is 0 Å². The lowest BCUT2D eigenvalue weighted by Crippen LogP contribution is -2.36. The summed E-state index contributed by atoms with van der Waals surface area (Å²) in [4.78, 5) is 14.2. The molecule has 1 aromatic carbocycles. The summed E-state index contributed by atoms with van der Waals surface area (Å²) < 4.78 is 7.95. The zero-order valence-electron chi connectivity index (χ0n) is 8.94. The molecule has 3 rings (SSSR count). The van der Waals surface area contributed by atoms with Gasteiger partial charge in [0.2, 0.25) is 0 Å². The summed E-state index contributed by atoms with van der Waals surface area (Å²) in [6.07, 6.45) is 1.50. The van der Waals surface area contributed by atoms with Crippen LogP contribution in [0.4, 0.5) is 5.69 Å². The lowest BCUT2D eigenvalue weighted by atomic mass is 9.95. The summed E-state index contributed by atoms with van der Waals surface area (Å²) in [7, 11) is 0. The van der Waals surface area contributed by atoms with Crippen LogP contribution < -0.4 is 4.90 Å². The van der Waals surface area contributed by atoms with Crippen molar-refractivity contribution in [3.8, 4) is 0 Å². The second-order valence-corrected chi connectivity index (χ2v) is 3.95. The molecule has 1 fully saturated rings. The number of rotatable bonds is 0. The maximum atomic E-state index is 11.9. The van der Waals surface area contributed by atoms with Gasteiger partial charge in [0.15, 0.2) is 5.78 Å². The largest absolute Gasteiger partial charge is 0.368 e. The first-order valence-corrected chi connectivity index (χ1v) is 5.11. The van der Waals surface area contributed by atoms with Crippen molar-refractivity contribution in [3.63, 3.8) is 0 Å². The third-order valence-electron chi connectivity index (χ3n) is 3.12. The second kappa shape index (κ2) is 2.84. The van der Waals surface area contributed by atoms with Gasteiger partial charge in [-0.05, 0) is 25.0 Å². The molecule has 2 aliphatic rings. The fourth-order valence-electron chi connectivity index (χ4n) is 2.46. The molecule has 72 valence electrons. The fourth-order valence-corrected chi connectivity index (χ4v) is 2.46. The van der Waals surface area contributed by atoms with Crippen molar-refractivity contribution in [1.82, 2.24) is 0 Å². The summed E-state index contributed by atoms with van der Waals surface area (Å²) in [6.45, 7) is 0.990. The maximum absolute atomic E-state index is 11.9. The Hall–Kier alpha value is -1.31. The van der Waals surface area contributed by atoms with Crippen molar-refractivity contribution in [3.05, 3.63) is 29.8 Å². The van der Waals surface area contributed by atoms with Gasteiger partial charge in [-0.1, -0.05) is 12.1 Å². The first-order chi connectivity index (χ1) is 7.29. The van der Waals surface area contributed by atoms with Gasteiger partial charge in [0.05, 0.1) is 0 Å². The van der Waals surface area contributed by atoms with Crippen LogP contribution in [0.2, 0.25) is 0 Å². The number of carbonyl (C=O) groups excluding carboxylic acids is 1. The third-order valence-corrected chi connectivity index (χ3v) is 3.12. The summed E-state index contributed by atoms with van der Waals surface area (Å²) in [5.41, 5.74) is 1.77. The van der Waals surface area contributed by atoms with E-state index in [-0.39, 0.29) is 11.8 Å². The van der Waals surface area contributed by atoms with Gasteiger partial charge in [0.25, 0.3) is 0 Å². The van der Waals surface area contributed by atoms with Gasteiger partial charge in [-0.2, -0.15) is 0 Å². The van der Waals surface area contributed by atoms with E-state index in [1.807, 2.05) is 24.3 Å². The molecule has 0 amide bonds. The van der Waals surface area contributed by atoms with Gasteiger partial charge >= 0.3 is 0 Å². The van der Waals surface area contributed by atoms with Gasteiger partial charge in [-0.25, -0.2) is 0 Å². The third kappa shape index (κ3) is 0.999. The van der Waals surface area contributed by atoms with Crippen LogP contribution in [0.1, 0.15) is 31.0 Å². The molecule has 2 heterocycles. The molecule has 0 aromatic heterocycles. The Morgan fingerprint density at radius 3 is 3.21 bits per heavy atom. The quantitative estimate of drug-likeness (QED) is 0.622. The maximum Gasteiger partial charge on any atom is 0.167 e. The number of ketones is 1. The number of benzene rings is 1. The minimum Gasteiger partial charge on any atom is -0.368 e. The summed E-state index contributed by atoms with van der Waals surface area (Å²) in [6, 6.07) is 7.80. The van der Waals surface area contributed by atoms with Crippen LogP contribution in [0, 0.1) is 0 Å². The molecule has 2 unspecified atom stereocenters. The van der Waals surface area contributed by atoms with Crippen LogP contribution in [0.25, 0.3) is 0 Å². The van der Waals surface area contributed by atoms with E-state index >= 15 is 0 Å². The number of hydrogen-bond donors (Lipinski definition) is 0. The van der Waals surface area contributed by atoms with E-state index in [1.54, 1.807) is 0 Å². The number of Topliss-reactive ketones (excluding diaryl/α,β-unsaturated/α-hetero) is 1. The van der Waals surface area contributed by atoms with Crippen molar-refractivity contribution in [2.24, 2.45) is 0 Å². The number of para-hydroxylation sites is 1. The highest BCUT2D eigenvalue weighted by Crippen LogP contribution is 2.35. The summed E-state index contributed by atoms with van der Waals surface area (Å²) in [5, 5.41) is 0. The topological polar surface area (TPSA) is 20.3 Å². The highest BCUT2D eigenvalue weighted by Gasteiger charge is 2.33. The molecule has 0 saturated carbocycles. The van der Waals surface area contributed by atoms with Gasteiger partial charge < -0.3 is 4.90 Å². The number of anilines is 1. The average molecular weight is 188 g/mol. The molecular formula is C12H13NO. The molecule has 0 spiro atoms. The number of hydrogen-bond acceptors (Lipinski definition) is 2. The molecule has 1 saturated heterocycles. The lowest BCUT2D eigenvalue weighted by molar-refractivity contribution is 0.0969. The molecule has 14 heavy (non-hydrogen) atoms. The van der Waals surface area contributed by atoms with E-state index in [0.717, 1.165) is 30.6 Å². The van der Waals surface area contributed by atoms with Gasteiger partial charge in [-0.15, -0.1) is 0 Å². The molecule has 2 nitrogen and oxygen atoms in total. The normalized spacial score (nSPS) is 31.0. The molecule has 0 N–H and O–H groups in total. The van der Waals surface area contributed by atoms with E-state index in [0.29, 0.717) is 0 Å². The van der Waals surface area contributed by atoms with Crippen molar-refractivity contribution in [1.29, 1.82) is 0 Å². The molecule has 0 radical (unpaired) electrons. The highest BCUT2D eigenvalue weighted by molar-refractivity contribution is 6.03.